The highest BCUT2D eigenvalue weighted by molar-refractivity contribution is 5.92. The first-order chi connectivity index (χ1) is 12.1. The quantitative estimate of drug-likeness (QED) is 0.783. The number of benzene rings is 2. The fourth-order valence-electron chi connectivity index (χ4n) is 3.19. The molecule has 0 bridgehead atoms. The Bertz CT molecular complexity index is 1070. The Morgan fingerprint density at radius 3 is 2.76 bits per heavy atom. The normalized spacial score (nSPS) is 14.7. The molecular formula is C20H17N3O2. The molecule has 25 heavy (non-hydrogen) atoms. The van der Waals surface area contributed by atoms with Gasteiger partial charge < -0.3 is 5.32 Å². The summed E-state index contributed by atoms with van der Waals surface area (Å²) in [5.41, 5.74) is 3.35. The number of anilines is 1. The summed E-state index contributed by atoms with van der Waals surface area (Å²) in [6.45, 7) is 2.07. The smallest absolute Gasteiger partial charge is 0.261 e. The summed E-state index contributed by atoms with van der Waals surface area (Å²) in [6.07, 6.45) is 2.87. The summed E-state index contributed by atoms with van der Waals surface area (Å²) in [5.74, 6) is 0.565. The number of carbonyl (C=O) groups is 1. The summed E-state index contributed by atoms with van der Waals surface area (Å²) < 4.78 is 1.72. The lowest BCUT2D eigenvalue weighted by atomic mass is 10.1. The van der Waals surface area contributed by atoms with Crippen molar-refractivity contribution in [1.29, 1.82) is 0 Å². The van der Waals surface area contributed by atoms with Gasteiger partial charge in [-0.05, 0) is 41.8 Å². The number of rotatable bonds is 2. The van der Waals surface area contributed by atoms with Crippen molar-refractivity contribution in [2.45, 2.75) is 19.9 Å². The maximum Gasteiger partial charge on any atom is 0.261 e. The van der Waals surface area contributed by atoms with E-state index in [1.54, 1.807) is 22.8 Å². The van der Waals surface area contributed by atoms with Crippen molar-refractivity contribution >= 4 is 34.1 Å². The Labute approximate surface area is 144 Å². The zero-order valence-corrected chi connectivity index (χ0v) is 13.8. The van der Waals surface area contributed by atoms with Crippen LogP contribution in [0.15, 0.2) is 53.3 Å². The first-order valence-corrected chi connectivity index (χ1v) is 8.20. The van der Waals surface area contributed by atoms with Crippen molar-refractivity contribution in [2.75, 3.05) is 5.32 Å². The second-order valence-electron chi connectivity index (χ2n) is 6.14. The van der Waals surface area contributed by atoms with E-state index in [1.807, 2.05) is 30.3 Å². The van der Waals surface area contributed by atoms with E-state index in [2.05, 4.69) is 11.4 Å². The van der Waals surface area contributed by atoms with Crippen molar-refractivity contribution in [3.8, 4) is 0 Å². The molecule has 4 rings (SSSR count). The molecule has 1 aliphatic rings. The fourth-order valence-corrected chi connectivity index (χ4v) is 3.19. The van der Waals surface area contributed by atoms with E-state index in [4.69, 9.17) is 4.98 Å². The molecule has 5 heteroatoms. The average Bonchev–Trinajstić information content (AvgIpc) is 2.99. The second-order valence-corrected chi connectivity index (χ2v) is 6.14. The van der Waals surface area contributed by atoms with Crippen molar-refractivity contribution in [3.63, 3.8) is 0 Å². The molecule has 0 unspecified atom stereocenters. The zero-order chi connectivity index (χ0) is 17.4. The van der Waals surface area contributed by atoms with Crippen LogP contribution in [0.3, 0.4) is 0 Å². The SMILES string of the molecule is CC(=O)Nc1ccc2nc3n(c(=O)c2c1)CCC3=Cc1ccccc1. The van der Waals surface area contributed by atoms with Crippen LogP contribution in [0.25, 0.3) is 22.6 Å². The highest BCUT2D eigenvalue weighted by Gasteiger charge is 2.21. The maximum atomic E-state index is 12.8. The molecule has 2 heterocycles. The molecule has 0 aliphatic carbocycles. The third-order valence-corrected chi connectivity index (χ3v) is 4.31. The Morgan fingerprint density at radius 1 is 1.20 bits per heavy atom. The van der Waals surface area contributed by atoms with Crippen LogP contribution in [-0.4, -0.2) is 15.5 Å². The summed E-state index contributed by atoms with van der Waals surface area (Å²) in [5, 5.41) is 3.23. The van der Waals surface area contributed by atoms with Gasteiger partial charge in [-0.3, -0.25) is 14.2 Å². The molecule has 1 aliphatic heterocycles. The van der Waals surface area contributed by atoms with E-state index in [0.29, 0.717) is 23.1 Å². The maximum absolute atomic E-state index is 12.8. The van der Waals surface area contributed by atoms with Crippen molar-refractivity contribution in [3.05, 3.63) is 70.3 Å². The minimum atomic E-state index is -0.165. The molecule has 0 spiro atoms. The molecular weight excluding hydrogens is 314 g/mol. The van der Waals surface area contributed by atoms with Gasteiger partial charge in [0.25, 0.3) is 5.56 Å². The van der Waals surface area contributed by atoms with Gasteiger partial charge in [0.2, 0.25) is 5.91 Å². The predicted molar refractivity (Wildman–Crippen MR) is 99.2 cm³/mol. The minimum Gasteiger partial charge on any atom is -0.326 e. The number of nitrogens with one attached hydrogen (secondary N) is 1. The Kier molecular flexibility index (Phi) is 3.69. The number of nitrogens with zero attached hydrogens (tertiary/aromatic N) is 2. The Morgan fingerprint density at radius 2 is 2.00 bits per heavy atom. The van der Waals surface area contributed by atoms with Crippen LogP contribution >= 0.6 is 0 Å². The molecule has 1 aromatic heterocycles. The number of hydrogen-bond acceptors (Lipinski definition) is 3. The van der Waals surface area contributed by atoms with E-state index < -0.39 is 0 Å². The van der Waals surface area contributed by atoms with E-state index in [9.17, 15) is 9.59 Å². The molecule has 0 radical (unpaired) electrons. The number of allylic oxidation sites excluding steroid dienone is 1. The van der Waals surface area contributed by atoms with Gasteiger partial charge in [0.15, 0.2) is 0 Å². The molecule has 0 saturated heterocycles. The van der Waals surface area contributed by atoms with E-state index in [1.165, 1.54) is 6.92 Å². The standard InChI is InChI=1S/C20H17N3O2/c1-13(24)21-16-7-8-18-17(12-16)20(25)23-10-9-15(19(23)22-18)11-14-5-3-2-4-6-14/h2-8,11-12H,9-10H2,1H3,(H,21,24). The van der Waals surface area contributed by atoms with Gasteiger partial charge >= 0.3 is 0 Å². The molecule has 124 valence electrons. The summed E-state index contributed by atoms with van der Waals surface area (Å²) in [6, 6.07) is 15.3. The lowest BCUT2D eigenvalue weighted by Crippen LogP contribution is -2.21. The van der Waals surface area contributed by atoms with Crippen molar-refractivity contribution in [1.82, 2.24) is 9.55 Å². The lowest BCUT2D eigenvalue weighted by molar-refractivity contribution is -0.114. The van der Waals surface area contributed by atoms with Crippen LogP contribution in [0.1, 0.15) is 24.7 Å². The van der Waals surface area contributed by atoms with Gasteiger partial charge in [-0.1, -0.05) is 30.3 Å². The number of carbonyl (C=O) groups excluding carboxylic acids is 1. The predicted octanol–water partition coefficient (Wildman–Crippen LogP) is 3.30. The first kappa shape index (κ1) is 15.3. The van der Waals surface area contributed by atoms with E-state index in [-0.39, 0.29) is 11.5 Å². The summed E-state index contributed by atoms with van der Waals surface area (Å²) >= 11 is 0. The van der Waals surface area contributed by atoms with Gasteiger partial charge in [-0.2, -0.15) is 0 Å². The monoisotopic (exact) mass is 331 g/mol. The van der Waals surface area contributed by atoms with Crippen molar-refractivity contribution < 1.29 is 4.79 Å². The van der Waals surface area contributed by atoms with Crippen LogP contribution in [0.5, 0.6) is 0 Å². The molecule has 0 fully saturated rings. The average molecular weight is 331 g/mol. The minimum absolute atomic E-state index is 0.0661. The van der Waals surface area contributed by atoms with E-state index >= 15 is 0 Å². The molecule has 3 aromatic rings. The molecule has 0 saturated carbocycles. The summed E-state index contributed by atoms with van der Waals surface area (Å²) in [4.78, 5) is 28.8. The molecule has 0 atom stereocenters. The Hall–Kier alpha value is -3.21. The van der Waals surface area contributed by atoms with E-state index in [0.717, 1.165) is 23.4 Å². The van der Waals surface area contributed by atoms with Crippen LogP contribution < -0.4 is 10.9 Å². The van der Waals surface area contributed by atoms with Gasteiger partial charge in [0.1, 0.15) is 5.82 Å². The highest BCUT2D eigenvalue weighted by atomic mass is 16.1. The third kappa shape index (κ3) is 2.85. The number of fused-ring (bicyclic) bond motifs is 2. The highest BCUT2D eigenvalue weighted by Crippen LogP contribution is 2.28. The fraction of sp³-hybridized carbons (Fsp3) is 0.150. The molecule has 1 N–H and O–H groups in total. The zero-order valence-electron chi connectivity index (χ0n) is 13.8. The van der Waals surface area contributed by atoms with Gasteiger partial charge in [0.05, 0.1) is 10.9 Å². The van der Waals surface area contributed by atoms with Gasteiger partial charge in [-0.25, -0.2) is 4.98 Å². The first-order valence-electron chi connectivity index (χ1n) is 8.20. The lowest BCUT2D eigenvalue weighted by Gasteiger charge is -2.08. The topological polar surface area (TPSA) is 64.0 Å². The van der Waals surface area contributed by atoms with Crippen molar-refractivity contribution in [2.24, 2.45) is 0 Å². The number of hydrogen-bond donors (Lipinski definition) is 1. The number of amides is 1. The summed E-state index contributed by atoms with van der Waals surface area (Å²) in [7, 11) is 0. The van der Waals surface area contributed by atoms with Gasteiger partial charge in [-0.15, -0.1) is 0 Å². The Balaban J connectivity index is 1.84. The van der Waals surface area contributed by atoms with Crippen LogP contribution in [0, 0.1) is 0 Å². The molecule has 2 aromatic carbocycles. The third-order valence-electron chi connectivity index (χ3n) is 4.31. The van der Waals surface area contributed by atoms with Crippen LogP contribution in [-0.2, 0) is 11.3 Å². The second kappa shape index (κ2) is 6.02. The molecule has 1 amide bonds. The van der Waals surface area contributed by atoms with Crippen LogP contribution in [0.4, 0.5) is 5.69 Å². The molecule has 5 nitrogen and oxygen atoms in total. The van der Waals surface area contributed by atoms with Gasteiger partial charge in [0, 0.05) is 19.2 Å². The van der Waals surface area contributed by atoms with Crippen LogP contribution in [0.2, 0.25) is 0 Å². The largest absolute Gasteiger partial charge is 0.326 e. The number of aromatic nitrogens is 2.